The number of hydrogen-bond donors (Lipinski definition) is 2. The molecule has 0 aliphatic carbocycles. The molecule has 5 nitrogen and oxygen atoms in total. The van der Waals surface area contributed by atoms with E-state index in [9.17, 15) is 0 Å². The highest BCUT2D eigenvalue weighted by molar-refractivity contribution is 6.46. The Hall–Kier alpha value is -2.28. The number of rotatable bonds is 2. The Morgan fingerprint density at radius 2 is 1.81 bits per heavy atom. The minimum atomic E-state index is -0.0475. The van der Waals surface area contributed by atoms with Crippen molar-refractivity contribution in [2.45, 2.75) is 33.1 Å². The predicted molar refractivity (Wildman–Crippen MR) is 116 cm³/mol. The van der Waals surface area contributed by atoms with Crippen LogP contribution in [0.15, 0.2) is 42.2 Å². The Morgan fingerprint density at radius 1 is 1.04 bits per heavy atom. The molecule has 0 aliphatic heterocycles. The lowest BCUT2D eigenvalue weighted by atomic mass is 9.96. The van der Waals surface area contributed by atoms with Crippen LogP contribution < -0.4 is 0 Å². The average molecular weight is 401 g/mol. The van der Waals surface area contributed by atoms with Gasteiger partial charge >= 0.3 is 0 Å². The van der Waals surface area contributed by atoms with E-state index in [1.165, 1.54) is 10.5 Å². The van der Waals surface area contributed by atoms with Crippen molar-refractivity contribution in [2.24, 2.45) is 0 Å². The summed E-state index contributed by atoms with van der Waals surface area (Å²) in [6.45, 7) is 8.54. The third-order valence-electron chi connectivity index (χ3n) is 4.39. The van der Waals surface area contributed by atoms with Gasteiger partial charge in [0.05, 0.1) is 26.2 Å². The van der Waals surface area contributed by atoms with Crippen LogP contribution in [-0.4, -0.2) is 34.5 Å². The number of imidazole rings is 1. The van der Waals surface area contributed by atoms with Crippen molar-refractivity contribution in [2.75, 3.05) is 0 Å². The highest BCUT2D eigenvalue weighted by Gasteiger charge is 2.23. The van der Waals surface area contributed by atoms with Crippen molar-refractivity contribution in [3.05, 3.63) is 53.7 Å². The van der Waals surface area contributed by atoms with Crippen LogP contribution in [0.5, 0.6) is 0 Å². The van der Waals surface area contributed by atoms with Gasteiger partial charge in [-0.25, -0.2) is 4.98 Å². The van der Waals surface area contributed by atoms with E-state index in [1.54, 1.807) is 0 Å². The molecule has 0 bridgehead atoms. The maximum absolute atomic E-state index is 4.97. The van der Waals surface area contributed by atoms with Crippen molar-refractivity contribution in [1.82, 2.24) is 19.9 Å². The van der Waals surface area contributed by atoms with Crippen LogP contribution in [0.4, 0.5) is 0 Å². The molecule has 0 fully saturated rings. The van der Waals surface area contributed by atoms with E-state index in [4.69, 9.17) is 9.97 Å². The van der Waals surface area contributed by atoms with Crippen LogP contribution in [0, 0.1) is 6.92 Å². The fourth-order valence-electron chi connectivity index (χ4n) is 3.01. The fraction of sp³-hybridized carbons (Fsp3) is 0.250. The van der Waals surface area contributed by atoms with Gasteiger partial charge in [-0.15, -0.1) is 12.4 Å². The molecule has 142 valence electrons. The highest BCUT2D eigenvalue weighted by Crippen LogP contribution is 2.33. The molecule has 0 amide bonds. The summed E-state index contributed by atoms with van der Waals surface area (Å²) >= 11 is 0. The van der Waals surface area contributed by atoms with Crippen molar-refractivity contribution in [3.63, 3.8) is 0 Å². The SMILES string of the molecule is Cc1cccc(-c2[nH]c(C(C)(C)C)nc2-c2ccc3[nH]c[siH]c3c2)n1.Cl.O. The number of aryl methyl sites for hydroxylation is 1. The third kappa shape index (κ3) is 4.02. The number of halogens is 1. The first-order valence-electron chi connectivity index (χ1n) is 8.54. The number of nitrogens with zero attached hydrogens (tertiary/aromatic N) is 2. The first kappa shape index (κ1) is 21.0. The molecule has 0 saturated heterocycles. The molecule has 4 N–H and O–H groups in total. The number of hydrogen-bond acceptors (Lipinski definition) is 2. The van der Waals surface area contributed by atoms with Gasteiger partial charge in [0.15, 0.2) is 0 Å². The minimum absolute atomic E-state index is 0. The fourth-order valence-corrected chi connectivity index (χ4v) is 4.08. The molecule has 0 atom stereocenters. The second-order valence-corrected chi connectivity index (χ2v) is 8.79. The molecule has 4 aromatic rings. The summed E-state index contributed by atoms with van der Waals surface area (Å²) in [5.41, 5.74) is 6.25. The summed E-state index contributed by atoms with van der Waals surface area (Å²) in [4.78, 5) is 17.9. The number of aromatic amines is 2. The number of pyridine rings is 1. The summed E-state index contributed by atoms with van der Waals surface area (Å²) in [6, 6.07) is 12.7. The van der Waals surface area contributed by atoms with E-state index in [1.807, 2.05) is 25.1 Å². The molecular formula is C20H25ClN4OSi. The van der Waals surface area contributed by atoms with E-state index in [0.29, 0.717) is 0 Å². The van der Waals surface area contributed by atoms with Crippen LogP contribution in [0.3, 0.4) is 0 Å². The van der Waals surface area contributed by atoms with Crippen molar-refractivity contribution in [3.8, 4) is 22.6 Å². The van der Waals surface area contributed by atoms with Gasteiger partial charge in [-0.3, -0.25) is 4.98 Å². The van der Waals surface area contributed by atoms with Crippen LogP contribution in [0.25, 0.3) is 33.2 Å². The number of H-pyrrole nitrogens is 2. The van der Waals surface area contributed by atoms with Crippen molar-refractivity contribution < 1.29 is 5.48 Å². The lowest BCUT2D eigenvalue weighted by Crippen LogP contribution is -2.13. The van der Waals surface area contributed by atoms with E-state index < -0.39 is 0 Å². The monoisotopic (exact) mass is 400 g/mol. The van der Waals surface area contributed by atoms with E-state index >= 15 is 0 Å². The normalized spacial score (nSPS) is 11.1. The zero-order valence-corrected chi connectivity index (χ0v) is 17.9. The predicted octanol–water partition coefficient (Wildman–Crippen LogP) is 3.89. The van der Waals surface area contributed by atoms with Crippen LogP contribution >= 0.6 is 12.4 Å². The second kappa shape index (κ2) is 7.76. The highest BCUT2D eigenvalue weighted by atomic mass is 35.5. The third-order valence-corrected chi connectivity index (χ3v) is 5.56. The zero-order chi connectivity index (χ0) is 17.6. The summed E-state index contributed by atoms with van der Waals surface area (Å²) in [5, 5.41) is 0. The Morgan fingerprint density at radius 3 is 2.52 bits per heavy atom. The molecule has 0 unspecified atom stereocenters. The minimum Gasteiger partial charge on any atom is -0.412 e. The Balaban J connectivity index is 0.00000131. The van der Waals surface area contributed by atoms with Gasteiger partial charge in [-0.05, 0) is 42.0 Å². The molecule has 0 aliphatic rings. The van der Waals surface area contributed by atoms with E-state index in [2.05, 4.69) is 54.7 Å². The molecule has 1 aromatic carbocycles. The molecular weight excluding hydrogens is 376 g/mol. The standard InChI is InChI=1S/C20H22N4Si.ClH.H2O/c1-12-6-5-7-15(22-12)18-17(23-19(24-18)20(2,3)4)13-8-9-14-16(10-13)25-11-21-14;;/h5-11,21,25H,1-4H3,(H,23,24);1H;1H2. The Labute approximate surface area is 167 Å². The van der Waals surface area contributed by atoms with Gasteiger partial charge in [0, 0.05) is 22.2 Å². The largest absolute Gasteiger partial charge is 0.412 e. The summed E-state index contributed by atoms with van der Waals surface area (Å²) < 4.78 is 0. The van der Waals surface area contributed by atoms with Gasteiger partial charge in [-0.1, -0.05) is 32.9 Å². The maximum atomic E-state index is 4.97. The number of nitrogens with one attached hydrogen (secondary N) is 2. The Kier molecular flexibility index (Phi) is 6.04. The average Bonchev–Trinajstić information content (AvgIpc) is 3.20. The lowest BCUT2D eigenvalue weighted by Gasteiger charge is -2.14. The van der Waals surface area contributed by atoms with Gasteiger partial charge in [0.25, 0.3) is 0 Å². The number of fused-ring (bicyclic) bond motifs is 1. The van der Waals surface area contributed by atoms with E-state index in [-0.39, 0.29) is 32.4 Å². The van der Waals surface area contributed by atoms with Gasteiger partial charge in [-0.2, -0.15) is 0 Å². The molecule has 4 rings (SSSR count). The van der Waals surface area contributed by atoms with Gasteiger partial charge in [0.1, 0.15) is 5.82 Å². The van der Waals surface area contributed by atoms with Crippen LogP contribution in [-0.2, 0) is 5.41 Å². The van der Waals surface area contributed by atoms with E-state index in [0.717, 1.165) is 34.2 Å². The Bertz CT molecular complexity index is 1070. The maximum Gasteiger partial charge on any atom is 0.112 e. The van der Waals surface area contributed by atoms with Crippen molar-refractivity contribution in [1.29, 1.82) is 0 Å². The van der Waals surface area contributed by atoms with Gasteiger partial charge in [0.2, 0.25) is 0 Å². The quantitative estimate of drug-likeness (QED) is 0.500. The first-order chi connectivity index (χ1) is 11.9. The topological polar surface area (TPSA) is 88.9 Å². The number of aromatic nitrogens is 4. The number of benzene rings is 1. The zero-order valence-electron chi connectivity index (χ0n) is 15.9. The summed E-state index contributed by atoms with van der Waals surface area (Å²) in [6.07, 6.45) is 0. The molecule has 0 spiro atoms. The van der Waals surface area contributed by atoms with Crippen molar-refractivity contribution >= 4 is 32.0 Å². The molecule has 0 saturated carbocycles. The smallest absolute Gasteiger partial charge is 0.112 e. The molecule has 3 heterocycles. The molecule has 27 heavy (non-hydrogen) atoms. The second-order valence-electron chi connectivity index (χ2n) is 7.50. The lowest BCUT2D eigenvalue weighted by molar-refractivity contribution is 0.553. The summed E-state index contributed by atoms with van der Waals surface area (Å²) in [7, 11) is 0.181. The van der Waals surface area contributed by atoms with Crippen LogP contribution in [0.2, 0.25) is 0 Å². The molecule has 0 radical (unpaired) electrons. The molecule has 3 aromatic heterocycles. The summed E-state index contributed by atoms with van der Waals surface area (Å²) in [5.74, 6) is 3.15. The van der Waals surface area contributed by atoms with Crippen LogP contribution in [0.1, 0.15) is 32.3 Å². The van der Waals surface area contributed by atoms with Gasteiger partial charge < -0.3 is 15.4 Å². The molecule has 7 heteroatoms. The first-order valence-corrected chi connectivity index (χ1v) is 9.78.